The predicted molar refractivity (Wildman–Crippen MR) is 95.1 cm³/mol. The Labute approximate surface area is 148 Å². The van der Waals surface area contributed by atoms with E-state index in [0.717, 1.165) is 37.3 Å². The summed E-state index contributed by atoms with van der Waals surface area (Å²) in [5, 5.41) is 5.87. The van der Waals surface area contributed by atoms with Crippen LogP contribution in [-0.4, -0.2) is 46.5 Å². The third-order valence-electron chi connectivity index (χ3n) is 5.22. The first-order valence-electron chi connectivity index (χ1n) is 9.01. The zero-order chi connectivity index (χ0) is 18.0. The number of carbonyl (C=O) groups is 2. The number of rotatable bonds is 5. The Hall–Kier alpha value is -2.18. The zero-order valence-electron chi connectivity index (χ0n) is 15.2. The first kappa shape index (κ1) is 17.6. The highest BCUT2D eigenvalue weighted by Gasteiger charge is 2.43. The van der Waals surface area contributed by atoms with Gasteiger partial charge in [0.05, 0.1) is 5.92 Å². The fourth-order valence-electron chi connectivity index (χ4n) is 3.78. The highest BCUT2D eigenvalue weighted by molar-refractivity contribution is 5.90. The molecule has 0 spiro atoms. The number of hydrogen-bond donors (Lipinski definition) is 2. The van der Waals surface area contributed by atoms with Gasteiger partial charge in [-0.1, -0.05) is 0 Å². The molecule has 2 saturated heterocycles. The lowest BCUT2D eigenvalue weighted by Gasteiger charge is -2.27. The van der Waals surface area contributed by atoms with Crippen LogP contribution in [0.5, 0.6) is 0 Å². The first-order valence-corrected chi connectivity index (χ1v) is 9.01. The molecular formula is C18H27N5O2. The smallest absolute Gasteiger partial charge is 0.225 e. The largest absolute Gasteiger partial charge is 0.356 e. The van der Waals surface area contributed by atoms with Crippen LogP contribution in [0.3, 0.4) is 0 Å². The second kappa shape index (κ2) is 6.98. The molecule has 0 aromatic carbocycles. The predicted octanol–water partition coefficient (Wildman–Crippen LogP) is 1.17. The average molecular weight is 345 g/mol. The number of aryl methyl sites for hydroxylation is 1. The van der Waals surface area contributed by atoms with Crippen molar-refractivity contribution >= 4 is 17.8 Å². The van der Waals surface area contributed by atoms with Crippen LogP contribution >= 0.6 is 0 Å². The number of carbonyl (C=O) groups excluding carboxylic acids is 2. The molecule has 2 aliphatic heterocycles. The van der Waals surface area contributed by atoms with Crippen molar-refractivity contribution in [2.24, 2.45) is 5.92 Å². The minimum absolute atomic E-state index is 0.0421. The lowest BCUT2D eigenvalue weighted by atomic mass is 9.88. The molecule has 7 nitrogen and oxygen atoms in total. The van der Waals surface area contributed by atoms with Crippen LogP contribution in [0.1, 0.15) is 45.1 Å². The van der Waals surface area contributed by atoms with E-state index in [9.17, 15) is 9.59 Å². The number of hydrogen-bond acceptors (Lipinski definition) is 5. The molecule has 25 heavy (non-hydrogen) atoms. The van der Waals surface area contributed by atoms with Crippen LogP contribution in [0.25, 0.3) is 0 Å². The molecule has 0 saturated carbocycles. The van der Waals surface area contributed by atoms with Gasteiger partial charge >= 0.3 is 0 Å². The Bertz CT molecular complexity index is 643. The van der Waals surface area contributed by atoms with Crippen molar-refractivity contribution in [3.63, 3.8) is 0 Å². The van der Waals surface area contributed by atoms with Crippen LogP contribution in [-0.2, 0) is 9.59 Å². The van der Waals surface area contributed by atoms with Gasteiger partial charge in [0, 0.05) is 43.5 Å². The summed E-state index contributed by atoms with van der Waals surface area (Å²) in [6, 6.07) is 0.347. The molecule has 3 heterocycles. The SMILES string of the molecule is Cc1cnc(N2CCC[C@@H]2CCNC(=O)C2CC(=O)NC2(C)C)nc1. The monoisotopic (exact) mass is 345 g/mol. The molecule has 1 unspecified atom stereocenters. The van der Waals surface area contributed by atoms with Crippen molar-refractivity contribution in [1.82, 2.24) is 20.6 Å². The van der Waals surface area contributed by atoms with Crippen molar-refractivity contribution in [1.29, 1.82) is 0 Å². The highest BCUT2D eigenvalue weighted by atomic mass is 16.2. The number of anilines is 1. The lowest BCUT2D eigenvalue weighted by molar-refractivity contribution is -0.127. The maximum absolute atomic E-state index is 12.4. The summed E-state index contributed by atoms with van der Waals surface area (Å²) in [7, 11) is 0. The van der Waals surface area contributed by atoms with E-state index in [0.29, 0.717) is 12.6 Å². The fourth-order valence-corrected chi connectivity index (χ4v) is 3.78. The molecule has 2 amide bonds. The van der Waals surface area contributed by atoms with E-state index >= 15 is 0 Å². The standard InChI is InChI=1S/C18H27N5O2/c1-12-10-20-17(21-11-12)23-8-4-5-13(23)6-7-19-16(25)14-9-15(24)22-18(14,2)3/h10-11,13-14H,4-9H2,1-3H3,(H,19,25)(H,22,24)/t13-,14?/m1/s1. The molecule has 2 atom stereocenters. The summed E-state index contributed by atoms with van der Waals surface area (Å²) >= 11 is 0. The molecule has 1 aromatic heterocycles. The van der Waals surface area contributed by atoms with Crippen molar-refractivity contribution in [3.8, 4) is 0 Å². The van der Waals surface area contributed by atoms with Crippen LogP contribution in [0.2, 0.25) is 0 Å². The fraction of sp³-hybridized carbons (Fsp3) is 0.667. The minimum Gasteiger partial charge on any atom is -0.356 e. The van der Waals surface area contributed by atoms with Crippen LogP contribution in [0.15, 0.2) is 12.4 Å². The van der Waals surface area contributed by atoms with Gasteiger partial charge in [-0.2, -0.15) is 0 Å². The van der Waals surface area contributed by atoms with E-state index in [1.165, 1.54) is 0 Å². The van der Waals surface area contributed by atoms with Crippen molar-refractivity contribution in [2.75, 3.05) is 18.0 Å². The normalized spacial score (nSPS) is 25.1. The Balaban J connectivity index is 1.52. The van der Waals surface area contributed by atoms with Crippen molar-refractivity contribution in [3.05, 3.63) is 18.0 Å². The van der Waals surface area contributed by atoms with E-state index in [1.54, 1.807) is 0 Å². The van der Waals surface area contributed by atoms with E-state index < -0.39 is 5.54 Å². The first-order chi connectivity index (χ1) is 11.9. The molecule has 0 bridgehead atoms. The quantitative estimate of drug-likeness (QED) is 0.837. The van der Waals surface area contributed by atoms with Gasteiger partial charge in [0.1, 0.15) is 0 Å². The molecule has 0 aliphatic carbocycles. The zero-order valence-corrected chi connectivity index (χ0v) is 15.2. The van der Waals surface area contributed by atoms with Gasteiger partial charge in [-0.3, -0.25) is 9.59 Å². The van der Waals surface area contributed by atoms with Gasteiger partial charge in [-0.25, -0.2) is 9.97 Å². The summed E-state index contributed by atoms with van der Waals surface area (Å²) in [4.78, 5) is 35.1. The summed E-state index contributed by atoms with van der Waals surface area (Å²) in [5.41, 5.74) is 0.574. The Kier molecular flexibility index (Phi) is 4.92. The van der Waals surface area contributed by atoms with Gasteiger partial charge in [-0.15, -0.1) is 0 Å². The molecule has 0 radical (unpaired) electrons. The minimum atomic E-state index is -0.476. The van der Waals surface area contributed by atoms with E-state index in [-0.39, 0.29) is 24.2 Å². The Morgan fingerprint density at radius 1 is 1.40 bits per heavy atom. The number of aromatic nitrogens is 2. The van der Waals surface area contributed by atoms with Crippen LogP contribution in [0, 0.1) is 12.8 Å². The summed E-state index contributed by atoms with van der Waals surface area (Å²) in [6.45, 7) is 7.33. The molecule has 2 N–H and O–H groups in total. The van der Waals surface area contributed by atoms with Crippen molar-refractivity contribution < 1.29 is 9.59 Å². The van der Waals surface area contributed by atoms with Crippen LogP contribution in [0.4, 0.5) is 5.95 Å². The summed E-state index contributed by atoms with van der Waals surface area (Å²) in [6.07, 6.45) is 7.01. The molecule has 136 valence electrons. The number of nitrogens with one attached hydrogen (secondary N) is 2. The Morgan fingerprint density at radius 3 is 2.76 bits per heavy atom. The number of nitrogens with zero attached hydrogens (tertiary/aromatic N) is 3. The number of amides is 2. The second-order valence-electron chi connectivity index (χ2n) is 7.66. The van der Waals surface area contributed by atoms with Gasteiger partial charge in [0.2, 0.25) is 17.8 Å². The van der Waals surface area contributed by atoms with E-state index in [1.807, 2.05) is 33.2 Å². The third kappa shape index (κ3) is 3.91. The second-order valence-corrected chi connectivity index (χ2v) is 7.66. The molecule has 3 rings (SSSR count). The summed E-state index contributed by atoms with van der Waals surface area (Å²) in [5.74, 6) is 0.370. The lowest BCUT2D eigenvalue weighted by Crippen LogP contribution is -2.46. The molecule has 1 aromatic rings. The van der Waals surface area contributed by atoms with Gasteiger partial charge in [-0.05, 0) is 45.6 Å². The molecule has 7 heteroatoms. The van der Waals surface area contributed by atoms with Crippen molar-refractivity contribution in [2.45, 2.75) is 58.0 Å². The maximum Gasteiger partial charge on any atom is 0.225 e. The topological polar surface area (TPSA) is 87.2 Å². The highest BCUT2D eigenvalue weighted by Crippen LogP contribution is 2.27. The maximum atomic E-state index is 12.4. The summed E-state index contributed by atoms with van der Waals surface area (Å²) < 4.78 is 0. The van der Waals surface area contributed by atoms with E-state index in [2.05, 4.69) is 25.5 Å². The molecule has 2 aliphatic rings. The molecule has 2 fully saturated rings. The van der Waals surface area contributed by atoms with Gasteiger partial charge in [0.15, 0.2) is 0 Å². The molecular weight excluding hydrogens is 318 g/mol. The average Bonchev–Trinajstić information content (AvgIpc) is 3.11. The van der Waals surface area contributed by atoms with Gasteiger partial charge in [0.25, 0.3) is 0 Å². The van der Waals surface area contributed by atoms with E-state index in [4.69, 9.17) is 0 Å². The third-order valence-corrected chi connectivity index (χ3v) is 5.22. The van der Waals surface area contributed by atoms with Crippen LogP contribution < -0.4 is 15.5 Å². The van der Waals surface area contributed by atoms with Gasteiger partial charge < -0.3 is 15.5 Å². The Morgan fingerprint density at radius 2 is 2.12 bits per heavy atom.